The summed E-state index contributed by atoms with van der Waals surface area (Å²) in [4.78, 5) is 16.4. The second kappa shape index (κ2) is 8.77. The largest absolute Gasteiger partial charge is 0.348 e. The fourth-order valence-corrected chi connectivity index (χ4v) is 3.98. The average molecular weight is 395 g/mol. The monoisotopic (exact) mass is 395 g/mol. The first kappa shape index (κ1) is 19.7. The van der Waals surface area contributed by atoms with Crippen molar-refractivity contribution >= 4 is 15.9 Å². The van der Waals surface area contributed by atoms with Crippen molar-refractivity contribution in [1.29, 1.82) is 0 Å². The number of hydrogen-bond acceptors (Lipinski definition) is 4. The highest BCUT2D eigenvalue weighted by Gasteiger charge is 2.19. The van der Waals surface area contributed by atoms with E-state index in [1.165, 1.54) is 12.1 Å². The van der Waals surface area contributed by atoms with Crippen LogP contribution in [0.2, 0.25) is 0 Å². The highest BCUT2D eigenvalue weighted by atomic mass is 32.2. The minimum absolute atomic E-state index is 0.0457. The van der Waals surface area contributed by atoms with Crippen LogP contribution in [-0.4, -0.2) is 19.3 Å². The number of nitrogens with one attached hydrogen (secondary N) is 2. The van der Waals surface area contributed by atoms with Gasteiger partial charge >= 0.3 is 0 Å². The number of hydrogen-bond donors (Lipinski definition) is 2. The Morgan fingerprint density at radius 3 is 2.54 bits per heavy atom. The Kier molecular flexibility index (Phi) is 6.18. The van der Waals surface area contributed by atoms with Gasteiger partial charge in [-0.2, -0.15) is 0 Å². The molecular weight excluding hydrogens is 374 g/mol. The molecule has 2 aromatic carbocycles. The van der Waals surface area contributed by atoms with Gasteiger partial charge in [0.1, 0.15) is 0 Å². The third-order valence-electron chi connectivity index (χ3n) is 4.21. The highest BCUT2D eigenvalue weighted by Crippen LogP contribution is 2.17. The number of amides is 1. The summed E-state index contributed by atoms with van der Waals surface area (Å²) in [6, 6.07) is 18.5. The molecule has 2 N–H and O–H groups in total. The first-order valence-corrected chi connectivity index (χ1v) is 10.3. The summed E-state index contributed by atoms with van der Waals surface area (Å²) in [6.07, 6.45) is 3.32. The molecule has 3 rings (SSSR count). The maximum atomic E-state index is 12.7. The first-order valence-electron chi connectivity index (χ1n) is 8.80. The van der Waals surface area contributed by atoms with Gasteiger partial charge in [-0.15, -0.1) is 0 Å². The molecule has 144 valence electrons. The lowest BCUT2D eigenvalue weighted by Crippen LogP contribution is -2.27. The third-order valence-corrected chi connectivity index (χ3v) is 5.75. The summed E-state index contributed by atoms with van der Waals surface area (Å²) in [7, 11) is -3.77. The molecule has 1 unspecified atom stereocenters. The Hall–Kier alpha value is -3.03. The van der Waals surface area contributed by atoms with E-state index in [0.717, 1.165) is 11.1 Å². The molecule has 0 aliphatic rings. The normalized spacial score (nSPS) is 12.3. The molecule has 3 aromatic rings. The molecule has 6 nitrogen and oxygen atoms in total. The van der Waals surface area contributed by atoms with Crippen LogP contribution < -0.4 is 10.0 Å². The smallest absolute Gasteiger partial charge is 0.251 e. The van der Waals surface area contributed by atoms with Crippen LogP contribution in [0.5, 0.6) is 0 Å². The standard InChI is InChI=1S/C21H21N3O3S/c1-16(18-8-3-2-4-9-18)24-28(26,27)20-11-5-10-19(13-20)21(25)23-15-17-7-6-12-22-14-17/h2-14,16,24H,15H2,1H3,(H,23,25). The lowest BCUT2D eigenvalue weighted by molar-refractivity contribution is 0.0950. The van der Waals surface area contributed by atoms with Gasteiger partial charge in [0, 0.05) is 30.5 Å². The maximum Gasteiger partial charge on any atom is 0.251 e. The Balaban J connectivity index is 1.71. The van der Waals surface area contributed by atoms with Crippen LogP contribution in [0, 0.1) is 0 Å². The molecule has 0 aliphatic carbocycles. The summed E-state index contributed by atoms with van der Waals surface area (Å²) < 4.78 is 28.1. The molecular formula is C21H21N3O3S. The topological polar surface area (TPSA) is 88.2 Å². The Morgan fingerprint density at radius 2 is 1.82 bits per heavy atom. The van der Waals surface area contributed by atoms with E-state index in [1.807, 2.05) is 36.4 Å². The predicted octanol–water partition coefficient (Wildman–Crippen LogP) is 3.05. The van der Waals surface area contributed by atoms with Crippen molar-refractivity contribution in [3.05, 3.63) is 95.8 Å². The van der Waals surface area contributed by atoms with Crippen molar-refractivity contribution < 1.29 is 13.2 Å². The fraction of sp³-hybridized carbons (Fsp3) is 0.143. The van der Waals surface area contributed by atoms with E-state index in [1.54, 1.807) is 37.5 Å². The lowest BCUT2D eigenvalue weighted by Gasteiger charge is -2.15. The van der Waals surface area contributed by atoms with Crippen LogP contribution in [-0.2, 0) is 16.6 Å². The second-order valence-electron chi connectivity index (χ2n) is 6.33. The number of nitrogens with zero attached hydrogens (tertiary/aromatic N) is 1. The molecule has 0 saturated carbocycles. The SMILES string of the molecule is CC(NS(=O)(=O)c1cccc(C(=O)NCc2cccnc2)c1)c1ccccc1. The zero-order chi connectivity index (χ0) is 20.0. The van der Waals surface area contributed by atoms with Crippen molar-refractivity contribution in [3.8, 4) is 0 Å². The number of carbonyl (C=O) groups excluding carboxylic acids is 1. The number of rotatable bonds is 7. The van der Waals surface area contributed by atoms with Crippen molar-refractivity contribution in [2.45, 2.75) is 24.4 Å². The molecule has 1 heterocycles. The Morgan fingerprint density at radius 1 is 1.04 bits per heavy atom. The molecule has 0 radical (unpaired) electrons. The third kappa shape index (κ3) is 5.03. The van der Waals surface area contributed by atoms with Crippen LogP contribution >= 0.6 is 0 Å². The number of sulfonamides is 1. The first-order chi connectivity index (χ1) is 13.5. The van der Waals surface area contributed by atoms with Gasteiger partial charge in [-0.3, -0.25) is 9.78 Å². The number of pyridine rings is 1. The molecule has 7 heteroatoms. The van der Waals surface area contributed by atoms with Gasteiger partial charge in [-0.05, 0) is 42.3 Å². The minimum Gasteiger partial charge on any atom is -0.348 e. The molecule has 0 saturated heterocycles. The van der Waals surface area contributed by atoms with Gasteiger partial charge in [0.05, 0.1) is 4.90 Å². The number of carbonyl (C=O) groups is 1. The van der Waals surface area contributed by atoms with Gasteiger partial charge in [0.25, 0.3) is 5.91 Å². The molecule has 1 aromatic heterocycles. The Labute approximate surface area is 164 Å². The zero-order valence-corrected chi connectivity index (χ0v) is 16.2. The van der Waals surface area contributed by atoms with Crippen molar-refractivity contribution in [3.63, 3.8) is 0 Å². The summed E-state index contributed by atoms with van der Waals surface area (Å²) in [5.74, 6) is -0.350. The van der Waals surface area contributed by atoms with Crippen LogP contribution in [0.3, 0.4) is 0 Å². The second-order valence-corrected chi connectivity index (χ2v) is 8.04. The van der Waals surface area contributed by atoms with Gasteiger partial charge in [-0.25, -0.2) is 13.1 Å². The van der Waals surface area contributed by atoms with Gasteiger partial charge < -0.3 is 5.32 Å². The Bertz CT molecular complexity index is 1040. The predicted molar refractivity (Wildman–Crippen MR) is 107 cm³/mol. The van der Waals surface area contributed by atoms with Crippen molar-refractivity contribution in [2.24, 2.45) is 0 Å². The summed E-state index contributed by atoms with van der Waals surface area (Å²) in [5, 5.41) is 2.77. The number of aromatic nitrogens is 1. The van der Waals surface area contributed by atoms with Crippen LogP contribution in [0.15, 0.2) is 84.0 Å². The van der Waals surface area contributed by atoms with Crippen molar-refractivity contribution in [1.82, 2.24) is 15.0 Å². The maximum absolute atomic E-state index is 12.7. The number of benzene rings is 2. The van der Waals surface area contributed by atoms with E-state index >= 15 is 0 Å². The quantitative estimate of drug-likeness (QED) is 0.644. The molecule has 1 amide bonds. The van der Waals surface area contributed by atoms with E-state index in [9.17, 15) is 13.2 Å². The van der Waals surface area contributed by atoms with E-state index in [4.69, 9.17) is 0 Å². The average Bonchev–Trinajstić information content (AvgIpc) is 2.73. The van der Waals surface area contributed by atoms with Gasteiger partial charge in [-0.1, -0.05) is 42.5 Å². The van der Waals surface area contributed by atoms with Crippen molar-refractivity contribution in [2.75, 3.05) is 0 Å². The summed E-state index contributed by atoms with van der Waals surface area (Å²) >= 11 is 0. The van der Waals surface area contributed by atoms with E-state index in [-0.39, 0.29) is 16.4 Å². The molecule has 28 heavy (non-hydrogen) atoms. The van der Waals surface area contributed by atoms with Gasteiger partial charge in [0.2, 0.25) is 10.0 Å². The zero-order valence-electron chi connectivity index (χ0n) is 15.4. The summed E-state index contributed by atoms with van der Waals surface area (Å²) in [6.45, 7) is 2.09. The molecule has 1 atom stereocenters. The summed E-state index contributed by atoms with van der Waals surface area (Å²) in [5.41, 5.74) is 1.99. The van der Waals surface area contributed by atoms with E-state index in [2.05, 4.69) is 15.0 Å². The van der Waals surface area contributed by atoms with Gasteiger partial charge in [0.15, 0.2) is 0 Å². The van der Waals surface area contributed by atoms with E-state index in [0.29, 0.717) is 6.54 Å². The lowest BCUT2D eigenvalue weighted by atomic mass is 10.1. The molecule has 0 spiro atoms. The van der Waals surface area contributed by atoms with Crippen LogP contribution in [0.1, 0.15) is 34.5 Å². The van der Waals surface area contributed by atoms with Crippen LogP contribution in [0.4, 0.5) is 0 Å². The molecule has 0 bridgehead atoms. The minimum atomic E-state index is -3.77. The fourth-order valence-electron chi connectivity index (χ4n) is 2.70. The highest BCUT2D eigenvalue weighted by molar-refractivity contribution is 7.89. The molecule has 0 fully saturated rings. The van der Waals surface area contributed by atoms with Crippen LogP contribution in [0.25, 0.3) is 0 Å². The van der Waals surface area contributed by atoms with E-state index < -0.39 is 16.1 Å². The molecule has 0 aliphatic heterocycles.